The Kier molecular flexibility index (Phi) is 6.95. The van der Waals surface area contributed by atoms with Gasteiger partial charge in [0.15, 0.2) is 11.5 Å². The molecule has 2 heterocycles. The Labute approximate surface area is 213 Å². The molecule has 7 nitrogen and oxygen atoms in total. The number of carbonyl (C=O) groups excluding carboxylic acids is 1. The fraction of sp³-hybridized carbons (Fsp3) is 0.143. The molecule has 1 aromatic heterocycles. The topological polar surface area (TPSA) is 74.6 Å². The molecule has 182 valence electrons. The van der Waals surface area contributed by atoms with Crippen molar-refractivity contribution in [1.29, 1.82) is 0 Å². The summed E-state index contributed by atoms with van der Waals surface area (Å²) in [5.41, 5.74) is 3.71. The standard InChI is InChI=1S/C28H25N3O4S/c1-33-25-14-8-19(16-26(25)34-2)9-15-27(32)29-28-23-17-36-18-24(23)30-31(28)20-10-12-22(13-11-20)35-21-6-4-3-5-7-21/h3-16H,17-18H2,1-2H3,(H,29,32)/b15-9+. The van der Waals surface area contributed by atoms with Gasteiger partial charge in [-0.3, -0.25) is 4.79 Å². The molecule has 0 spiro atoms. The van der Waals surface area contributed by atoms with Gasteiger partial charge in [-0.05, 0) is 60.2 Å². The molecule has 0 radical (unpaired) electrons. The fourth-order valence-electron chi connectivity index (χ4n) is 3.89. The van der Waals surface area contributed by atoms with E-state index in [2.05, 4.69) is 5.32 Å². The summed E-state index contributed by atoms with van der Waals surface area (Å²) in [6.07, 6.45) is 3.24. The van der Waals surface area contributed by atoms with Gasteiger partial charge < -0.3 is 19.5 Å². The summed E-state index contributed by atoms with van der Waals surface area (Å²) >= 11 is 1.79. The highest BCUT2D eigenvalue weighted by atomic mass is 32.2. The third kappa shape index (κ3) is 5.08. The van der Waals surface area contributed by atoms with Crippen LogP contribution >= 0.6 is 11.8 Å². The minimum Gasteiger partial charge on any atom is -0.493 e. The number of ether oxygens (including phenoxy) is 3. The van der Waals surface area contributed by atoms with Crippen molar-refractivity contribution in [2.75, 3.05) is 19.5 Å². The van der Waals surface area contributed by atoms with Crippen LogP contribution in [0.3, 0.4) is 0 Å². The van der Waals surface area contributed by atoms with Crippen molar-refractivity contribution in [2.24, 2.45) is 0 Å². The summed E-state index contributed by atoms with van der Waals surface area (Å²) in [6.45, 7) is 0. The third-order valence-electron chi connectivity index (χ3n) is 5.69. The van der Waals surface area contributed by atoms with Gasteiger partial charge in [0.1, 0.15) is 17.3 Å². The number of carbonyl (C=O) groups is 1. The molecule has 0 aliphatic carbocycles. The van der Waals surface area contributed by atoms with Crippen LogP contribution in [0.5, 0.6) is 23.0 Å². The minimum atomic E-state index is -0.241. The van der Waals surface area contributed by atoms with Crippen LogP contribution < -0.4 is 19.5 Å². The molecular weight excluding hydrogens is 474 g/mol. The first kappa shape index (κ1) is 23.6. The quantitative estimate of drug-likeness (QED) is 0.296. The molecule has 0 saturated heterocycles. The molecule has 1 aliphatic heterocycles. The van der Waals surface area contributed by atoms with Gasteiger partial charge in [0.25, 0.3) is 0 Å². The highest BCUT2D eigenvalue weighted by Gasteiger charge is 2.24. The Bertz CT molecular complexity index is 1400. The van der Waals surface area contributed by atoms with Crippen molar-refractivity contribution in [2.45, 2.75) is 11.5 Å². The second kappa shape index (κ2) is 10.6. The first-order chi connectivity index (χ1) is 17.6. The number of anilines is 1. The maximum Gasteiger partial charge on any atom is 0.249 e. The van der Waals surface area contributed by atoms with Gasteiger partial charge in [-0.15, -0.1) is 0 Å². The van der Waals surface area contributed by atoms with Crippen molar-refractivity contribution >= 4 is 29.6 Å². The van der Waals surface area contributed by atoms with Gasteiger partial charge in [-0.25, -0.2) is 4.68 Å². The number of rotatable bonds is 8. The highest BCUT2D eigenvalue weighted by molar-refractivity contribution is 7.98. The van der Waals surface area contributed by atoms with E-state index in [9.17, 15) is 4.79 Å². The van der Waals surface area contributed by atoms with Crippen molar-refractivity contribution in [1.82, 2.24) is 9.78 Å². The minimum absolute atomic E-state index is 0.241. The number of thioether (sulfide) groups is 1. The zero-order valence-corrected chi connectivity index (χ0v) is 20.7. The SMILES string of the molecule is COc1ccc(/C=C/C(=O)Nc2c3c(nn2-c2ccc(Oc4ccccc4)cc2)CSC3)cc1OC. The molecule has 1 N–H and O–H groups in total. The Morgan fingerprint density at radius 3 is 2.44 bits per heavy atom. The van der Waals surface area contributed by atoms with E-state index in [-0.39, 0.29) is 5.91 Å². The number of para-hydroxylation sites is 1. The van der Waals surface area contributed by atoms with Crippen molar-refractivity contribution in [3.8, 4) is 28.7 Å². The van der Waals surface area contributed by atoms with E-state index in [1.54, 1.807) is 42.8 Å². The summed E-state index contributed by atoms with van der Waals surface area (Å²) in [5, 5.41) is 7.81. The molecule has 5 rings (SSSR count). The molecule has 0 saturated carbocycles. The molecule has 8 heteroatoms. The van der Waals surface area contributed by atoms with Crippen molar-refractivity contribution in [3.63, 3.8) is 0 Å². The average Bonchev–Trinajstić information content (AvgIpc) is 3.51. The van der Waals surface area contributed by atoms with Gasteiger partial charge in [-0.1, -0.05) is 24.3 Å². The molecule has 0 fully saturated rings. The lowest BCUT2D eigenvalue weighted by Gasteiger charge is -2.11. The molecule has 4 aromatic rings. The van der Waals surface area contributed by atoms with Gasteiger partial charge in [0.2, 0.25) is 5.91 Å². The van der Waals surface area contributed by atoms with E-state index in [4.69, 9.17) is 19.3 Å². The first-order valence-electron chi connectivity index (χ1n) is 11.4. The molecule has 1 aliphatic rings. The zero-order valence-electron chi connectivity index (χ0n) is 19.9. The third-order valence-corrected chi connectivity index (χ3v) is 6.66. The van der Waals surface area contributed by atoms with E-state index < -0.39 is 0 Å². The average molecular weight is 500 g/mol. The van der Waals surface area contributed by atoms with E-state index >= 15 is 0 Å². The number of hydrogen-bond acceptors (Lipinski definition) is 6. The van der Waals surface area contributed by atoms with Gasteiger partial charge >= 0.3 is 0 Å². The monoisotopic (exact) mass is 499 g/mol. The fourth-order valence-corrected chi connectivity index (χ4v) is 4.93. The molecule has 0 bridgehead atoms. The number of aromatic nitrogens is 2. The molecule has 0 atom stereocenters. The van der Waals surface area contributed by atoms with Crippen LogP contribution in [-0.4, -0.2) is 29.9 Å². The van der Waals surface area contributed by atoms with Gasteiger partial charge in [-0.2, -0.15) is 16.9 Å². The zero-order chi connectivity index (χ0) is 24.9. The normalized spacial score (nSPS) is 12.4. The predicted octanol–water partition coefficient (Wildman–Crippen LogP) is 6.08. The molecule has 0 unspecified atom stereocenters. The summed E-state index contributed by atoms with van der Waals surface area (Å²) < 4.78 is 18.3. The largest absolute Gasteiger partial charge is 0.493 e. The second-order valence-electron chi connectivity index (χ2n) is 8.02. The Morgan fingerprint density at radius 2 is 1.69 bits per heavy atom. The number of amides is 1. The lowest BCUT2D eigenvalue weighted by Crippen LogP contribution is -2.13. The van der Waals surface area contributed by atoms with Gasteiger partial charge in [0, 0.05) is 23.1 Å². The van der Waals surface area contributed by atoms with E-state index in [0.717, 1.165) is 45.5 Å². The number of nitrogens with one attached hydrogen (secondary N) is 1. The summed E-state index contributed by atoms with van der Waals surface area (Å²) in [5.74, 6) is 4.81. The van der Waals surface area contributed by atoms with E-state index in [0.29, 0.717) is 17.3 Å². The van der Waals surface area contributed by atoms with Crippen molar-refractivity contribution < 1.29 is 19.0 Å². The maximum absolute atomic E-state index is 12.9. The first-order valence-corrected chi connectivity index (χ1v) is 12.5. The van der Waals surface area contributed by atoms with E-state index in [1.165, 1.54) is 6.08 Å². The van der Waals surface area contributed by atoms with Crippen LogP contribution in [0.2, 0.25) is 0 Å². The number of nitrogens with zero attached hydrogens (tertiary/aromatic N) is 2. The Hall–Kier alpha value is -4.17. The summed E-state index contributed by atoms with van der Waals surface area (Å²) in [4.78, 5) is 12.9. The molecule has 3 aromatic carbocycles. The van der Waals surface area contributed by atoms with Crippen LogP contribution in [0.25, 0.3) is 11.8 Å². The number of benzene rings is 3. The van der Waals surface area contributed by atoms with E-state index in [1.807, 2.05) is 66.7 Å². The van der Waals surface area contributed by atoms with Gasteiger partial charge in [0.05, 0.1) is 25.6 Å². The summed E-state index contributed by atoms with van der Waals surface area (Å²) in [7, 11) is 3.17. The number of methoxy groups -OCH3 is 2. The lowest BCUT2D eigenvalue weighted by molar-refractivity contribution is -0.111. The van der Waals surface area contributed by atoms with Crippen LogP contribution in [0, 0.1) is 0 Å². The Morgan fingerprint density at radius 1 is 0.944 bits per heavy atom. The van der Waals surface area contributed by atoms with Crippen LogP contribution in [0.1, 0.15) is 16.8 Å². The second-order valence-corrected chi connectivity index (χ2v) is 9.01. The van der Waals surface area contributed by atoms with Crippen LogP contribution in [0.15, 0.2) is 78.9 Å². The maximum atomic E-state index is 12.9. The number of fused-ring (bicyclic) bond motifs is 1. The molecule has 36 heavy (non-hydrogen) atoms. The molecular formula is C28H25N3O4S. The van der Waals surface area contributed by atoms with Crippen LogP contribution in [-0.2, 0) is 16.3 Å². The van der Waals surface area contributed by atoms with Crippen LogP contribution in [0.4, 0.5) is 5.82 Å². The number of hydrogen-bond donors (Lipinski definition) is 1. The Balaban J connectivity index is 1.35. The lowest BCUT2D eigenvalue weighted by atomic mass is 10.2. The highest BCUT2D eigenvalue weighted by Crippen LogP contribution is 2.36. The van der Waals surface area contributed by atoms with Crippen molar-refractivity contribution in [3.05, 3.63) is 95.7 Å². The molecule has 1 amide bonds. The summed E-state index contributed by atoms with van der Waals surface area (Å²) in [6, 6.07) is 22.8. The smallest absolute Gasteiger partial charge is 0.249 e. The predicted molar refractivity (Wildman–Crippen MR) is 142 cm³/mol.